The van der Waals surface area contributed by atoms with Crippen molar-refractivity contribution < 1.29 is 0 Å². The van der Waals surface area contributed by atoms with Gasteiger partial charge < -0.3 is 10.6 Å². The van der Waals surface area contributed by atoms with Gasteiger partial charge in [0.15, 0.2) is 0 Å². The Bertz CT molecular complexity index is 830. The Morgan fingerprint density at radius 2 is 2.04 bits per heavy atom. The standard InChI is InChI=1S/C21H29ClN4/c1-6-11-23-16(4)9-8-15(3)14-24-17(5)21-19(7-2)25-20-13-18(22)10-12-26(20)21/h8-10,12-13,23-24H,5-7,11,14H2,1-4H3/b15-8+,16-9+. The smallest absolute Gasteiger partial charge is 0.139 e. The first kappa shape index (κ1) is 20.1. The van der Waals surface area contributed by atoms with Crippen LogP contribution in [0.4, 0.5) is 0 Å². The van der Waals surface area contributed by atoms with Gasteiger partial charge in [-0.2, -0.15) is 0 Å². The minimum atomic E-state index is 0.688. The van der Waals surface area contributed by atoms with Crippen LogP contribution in [0.5, 0.6) is 0 Å². The number of halogens is 1. The Kier molecular flexibility index (Phi) is 7.34. The first-order chi connectivity index (χ1) is 12.5. The maximum Gasteiger partial charge on any atom is 0.139 e. The molecule has 0 bridgehead atoms. The molecule has 2 rings (SSSR count). The van der Waals surface area contributed by atoms with Gasteiger partial charge in [0.25, 0.3) is 0 Å². The Balaban J connectivity index is 2.09. The van der Waals surface area contributed by atoms with Crippen LogP contribution in [-0.4, -0.2) is 22.5 Å². The first-order valence-electron chi connectivity index (χ1n) is 9.13. The van der Waals surface area contributed by atoms with Crippen LogP contribution in [0.2, 0.25) is 5.02 Å². The molecule has 0 aliphatic rings. The minimum Gasteiger partial charge on any atom is -0.389 e. The lowest BCUT2D eigenvalue weighted by molar-refractivity contribution is 0.769. The molecule has 26 heavy (non-hydrogen) atoms. The lowest BCUT2D eigenvalue weighted by Crippen LogP contribution is -2.16. The molecule has 2 aromatic heterocycles. The van der Waals surface area contributed by atoms with E-state index in [1.165, 1.54) is 11.3 Å². The third-order valence-electron chi connectivity index (χ3n) is 4.13. The molecule has 2 heterocycles. The molecule has 0 spiro atoms. The van der Waals surface area contributed by atoms with Gasteiger partial charge in [-0.05, 0) is 38.8 Å². The zero-order valence-corrected chi connectivity index (χ0v) is 17.0. The summed E-state index contributed by atoms with van der Waals surface area (Å²) < 4.78 is 2.04. The molecule has 0 radical (unpaired) electrons. The van der Waals surface area contributed by atoms with E-state index < -0.39 is 0 Å². The lowest BCUT2D eigenvalue weighted by atomic mass is 10.2. The summed E-state index contributed by atoms with van der Waals surface area (Å²) in [6.45, 7) is 14.4. The number of fused-ring (bicyclic) bond motifs is 1. The Labute approximate surface area is 161 Å². The third-order valence-corrected chi connectivity index (χ3v) is 4.37. The van der Waals surface area contributed by atoms with Crippen molar-refractivity contribution >= 4 is 22.9 Å². The van der Waals surface area contributed by atoms with Crippen molar-refractivity contribution in [2.45, 2.75) is 40.5 Å². The maximum atomic E-state index is 6.09. The highest BCUT2D eigenvalue weighted by atomic mass is 35.5. The minimum absolute atomic E-state index is 0.688. The molecule has 5 heteroatoms. The van der Waals surface area contributed by atoms with E-state index in [0.29, 0.717) is 5.02 Å². The van der Waals surface area contributed by atoms with E-state index in [2.05, 4.69) is 62.0 Å². The van der Waals surface area contributed by atoms with Crippen molar-refractivity contribution in [3.63, 3.8) is 0 Å². The van der Waals surface area contributed by atoms with Gasteiger partial charge in [-0.25, -0.2) is 4.98 Å². The number of allylic oxidation sites excluding steroid dienone is 3. The second kappa shape index (κ2) is 9.48. The van der Waals surface area contributed by atoms with Crippen molar-refractivity contribution in [2.24, 2.45) is 0 Å². The van der Waals surface area contributed by atoms with Gasteiger partial charge in [0, 0.05) is 36.1 Å². The highest BCUT2D eigenvalue weighted by molar-refractivity contribution is 6.30. The molecule has 0 fully saturated rings. The summed E-state index contributed by atoms with van der Waals surface area (Å²) >= 11 is 6.09. The molecule has 2 aromatic rings. The van der Waals surface area contributed by atoms with Gasteiger partial charge in [0.05, 0.1) is 17.1 Å². The van der Waals surface area contributed by atoms with Crippen molar-refractivity contribution in [3.8, 4) is 0 Å². The van der Waals surface area contributed by atoms with E-state index in [1.807, 2.05) is 22.7 Å². The van der Waals surface area contributed by atoms with Crippen LogP contribution in [-0.2, 0) is 6.42 Å². The molecule has 2 N–H and O–H groups in total. The first-order valence-corrected chi connectivity index (χ1v) is 9.51. The number of hydrogen-bond acceptors (Lipinski definition) is 3. The number of rotatable bonds is 9. The molecule has 0 saturated carbocycles. The molecule has 0 amide bonds. The Morgan fingerprint density at radius 3 is 2.73 bits per heavy atom. The molecule has 0 unspecified atom stereocenters. The summed E-state index contributed by atoms with van der Waals surface area (Å²) in [7, 11) is 0. The van der Waals surface area contributed by atoms with Crippen molar-refractivity contribution in [1.82, 2.24) is 20.0 Å². The summed E-state index contributed by atoms with van der Waals surface area (Å²) in [5.41, 5.74) is 6.17. The normalized spacial score (nSPS) is 12.5. The predicted octanol–water partition coefficient (Wildman–Crippen LogP) is 4.96. The number of hydrogen-bond donors (Lipinski definition) is 2. The molecule has 140 valence electrons. The summed E-state index contributed by atoms with van der Waals surface area (Å²) in [6, 6.07) is 3.74. The predicted molar refractivity (Wildman–Crippen MR) is 112 cm³/mol. The average Bonchev–Trinajstić information content (AvgIpc) is 3.00. The van der Waals surface area contributed by atoms with Crippen LogP contribution in [0.15, 0.2) is 48.3 Å². The number of nitrogens with one attached hydrogen (secondary N) is 2. The fourth-order valence-corrected chi connectivity index (χ4v) is 2.83. The van der Waals surface area contributed by atoms with E-state index in [-0.39, 0.29) is 0 Å². The summed E-state index contributed by atoms with van der Waals surface area (Å²) in [6.07, 6.45) is 8.16. The van der Waals surface area contributed by atoms with Crippen LogP contribution in [0, 0.1) is 0 Å². The quantitative estimate of drug-likeness (QED) is 0.611. The fraction of sp³-hybridized carbons (Fsp3) is 0.381. The van der Waals surface area contributed by atoms with Gasteiger partial charge in [-0.1, -0.05) is 43.7 Å². The summed E-state index contributed by atoms with van der Waals surface area (Å²) in [5.74, 6) is 0. The molecule has 0 aromatic carbocycles. The van der Waals surface area contributed by atoms with E-state index in [0.717, 1.165) is 48.7 Å². The molecular formula is C21H29ClN4. The number of imidazole rings is 1. The van der Waals surface area contributed by atoms with Crippen LogP contribution in [0.1, 0.15) is 45.5 Å². The second-order valence-corrected chi connectivity index (χ2v) is 6.89. The summed E-state index contributed by atoms with van der Waals surface area (Å²) in [5, 5.41) is 7.49. The molecule has 0 atom stereocenters. The molecule has 0 saturated heterocycles. The second-order valence-electron chi connectivity index (χ2n) is 6.46. The topological polar surface area (TPSA) is 41.4 Å². The van der Waals surface area contributed by atoms with Gasteiger partial charge in [0.2, 0.25) is 0 Å². The number of pyridine rings is 1. The largest absolute Gasteiger partial charge is 0.389 e. The van der Waals surface area contributed by atoms with Gasteiger partial charge >= 0.3 is 0 Å². The van der Waals surface area contributed by atoms with Crippen molar-refractivity contribution in [3.05, 3.63) is 64.7 Å². The van der Waals surface area contributed by atoms with E-state index in [1.54, 1.807) is 0 Å². The van der Waals surface area contributed by atoms with Crippen LogP contribution < -0.4 is 10.6 Å². The zero-order chi connectivity index (χ0) is 19.1. The molecule has 0 aliphatic carbocycles. The Hall–Kier alpha value is -2.20. The van der Waals surface area contributed by atoms with E-state index in [4.69, 9.17) is 11.6 Å². The van der Waals surface area contributed by atoms with Crippen LogP contribution in [0.25, 0.3) is 11.3 Å². The lowest BCUT2D eigenvalue weighted by Gasteiger charge is -2.11. The number of nitrogens with zero attached hydrogens (tertiary/aromatic N) is 2. The maximum absolute atomic E-state index is 6.09. The third kappa shape index (κ3) is 5.15. The fourth-order valence-electron chi connectivity index (χ4n) is 2.67. The Morgan fingerprint density at radius 1 is 1.27 bits per heavy atom. The molecule has 4 nitrogen and oxygen atoms in total. The van der Waals surface area contributed by atoms with Gasteiger partial charge in [-0.15, -0.1) is 0 Å². The highest BCUT2D eigenvalue weighted by Crippen LogP contribution is 2.21. The van der Waals surface area contributed by atoms with Crippen molar-refractivity contribution in [2.75, 3.05) is 13.1 Å². The molecule has 0 aliphatic heterocycles. The highest BCUT2D eigenvalue weighted by Gasteiger charge is 2.13. The van der Waals surface area contributed by atoms with E-state index in [9.17, 15) is 0 Å². The summed E-state index contributed by atoms with van der Waals surface area (Å²) in [4.78, 5) is 4.67. The zero-order valence-electron chi connectivity index (χ0n) is 16.2. The number of aromatic nitrogens is 2. The van der Waals surface area contributed by atoms with Gasteiger partial charge in [0.1, 0.15) is 5.65 Å². The van der Waals surface area contributed by atoms with Crippen molar-refractivity contribution in [1.29, 1.82) is 0 Å². The van der Waals surface area contributed by atoms with Gasteiger partial charge in [-0.3, -0.25) is 4.40 Å². The monoisotopic (exact) mass is 372 g/mol. The SMILES string of the molecule is C=C(NC/C(C)=C/C=C(\C)NCCC)c1c(CC)nc2cc(Cl)ccn12. The van der Waals surface area contributed by atoms with Crippen LogP contribution >= 0.6 is 11.6 Å². The van der Waals surface area contributed by atoms with E-state index >= 15 is 0 Å². The van der Waals surface area contributed by atoms with Crippen LogP contribution in [0.3, 0.4) is 0 Å². The molecular weight excluding hydrogens is 344 g/mol. The number of aryl methyl sites for hydroxylation is 1. The average molecular weight is 373 g/mol.